The Hall–Kier alpha value is -3.17. The zero-order chi connectivity index (χ0) is 23.8. The summed E-state index contributed by atoms with van der Waals surface area (Å²) in [6, 6.07) is 9.08. The number of primary amides is 1. The number of esters is 1. The van der Waals surface area contributed by atoms with E-state index in [0.717, 1.165) is 16.9 Å². The van der Waals surface area contributed by atoms with Gasteiger partial charge in [0, 0.05) is 25.3 Å². The van der Waals surface area contributed by atoms with Crippen molar-refractivity contribution in [2.75, 3.05) is 56.8 Å². The number of methoxy groups -OCH3 is 1. The van der Waals surface area contributed by atoms with Crippen molar-refractivity contribution >= 4 is 34.9 Å². The Morgan fingerprint density at radius 2 is 1.94 bits per heavy atom. The van der Waals surface area contributed by atoms with Gasteiger partial charge in [-0.2, -0.15) is 0 Å². The first kappa shape index (κ1) is 24.5. The highest BCUT2D eigenvalue weighted by Crippen LogP contribution is 2.37. The van der Waals surface area contributed by atoms with Crippen molar-refractivity contribution in [1.29, 1.82) is 0 Å². The summed E-state index contributed by atoms with van der Waals surface area (Å²) >= 11 is 6.37. The number of hydrogen-bond donors (Lipinski definition) is 2. The number of anilines is 2. The maximum absolute atomic E-state index is 12.4. The number of nitrogens with two attached hydrogens (primary N) is 1. The van der Waals surface area contributed by atoms with Gasteiger partial charge < -0.3 is 34.9 Å². The van der Waals surface area contributed by atoms with E-state index in [-0.39, 0.29) is 12.4 Å². The number of carbonyl (C=O) groups is 2. The van der Waals surface area contributed by atoms with E-state index in [1.807, 2.05) is 19.1 Å². The molecule has 0 saturated carbocycles. The van der Waals surface area contributed by atoms with Crippen molar-refractivity contribution in [3.05, 3.63) is 46.5 Å². The summed E-state index contributed by atoms with van der Waals surface area (Å²) in [5, 5.41) is 3.60. The van der Waals surface area contributed by atoms with Gasteiger partial charge in [-0.15, -0.1) is 0 Å². The van der Waals surface area contributed by atoms with Gasteiger partial charge in [-0.1, -0.05) is 11.6 Å². The van der Waals surface area contributed by atoms with E-state index in [9.17, 15) is 9.59 Å². The van der Waals surface area contributed by atoms with Crippen LogP contribution < -0.4 is 25.4 Å². The molecule has 2 aromatic rings. The van der Waals surface area contributed by atoms with Gasteiger partial charge in [0.25, 0.3) is 5.91 Å². The van der Waals surface area contributed by atoms with Crippen LogP contribution in [0, 0.1) is 0 Å². The molecule has 1 heterocycles. The van der Waals surface area contributed by atoms with Crippen molar-refractivity contribution in [1.82, 2.24) is 0 Å². The number of nitrogens with one attached hydrogen (secondary N) is 1. The fourth-order valence-electron chi connectivity index (χ4n) is 3.47. The molecule has 0 bridgehead atoms. The fraction of sp³-hybridized carbons (Fsp3) is 0.391. The zero-order valence-electron chi connectivity index (χ0n) is 18.7. The van der Waals surface area contributed by atoms with Crippen LogP contribution in [-0.2, 0) is 20.8 Å². The van der Waals surface area contributed by atoms with Gasteiger partial charge in [0.1, 0.15) is 0 Å². The lowest BCUT2D eigenvalue weighted by molar-refractivity contribution is -0.119. The summed E-state index contributed by atoms with van der Waals surface area (Å²) in [6.07, 6.45) is 0. The highest BCUT2D eigenvalue weighted by molar-refractivity contribution is 6.32. The predicted molar refractivity (Wildman–Crippen MR) is 125 cm³/mol. The molecule has 0 aromatic heterocycles. The van der Waals surface area contributed by atoms with Gasteiger partial charge in [-0.3, -0.25) is 4.79 Å². The first-order chi connectivity index (χ1) is 15.9. The molecule has 9 nitrogen and oxygen atoms in total. The Morgan fingerprint density at radius 1 is 1.18 bits per heavy atom. The molecule has 3 rings (SSSR count). The molecule has 0 radical (unpaired) electrons. The molecule has 33 heavy (non-hydrogen) atoms. The van der Waals surface area contributed by atoms with Crippen LogP contribution in [0.1, 0.15) is 22.8 Å². The average Bonchev–Trinajstić information content (AvgIpc) is 2.82. The molecule has 0 unspecified atom stereocenters. The normalized spacial score (nSPS) is 13.4. The van der Waals surface area contributed by atoms with E-state index in [2.05, 4.69) is 10.2 Å². The highest BCUT2D eigenvalue weighted by atomic mass is 35.5. The Labute approximate surface area is 197 Å². The Balaban J connectivity index is 1.79. The molecule has 0 spiro atoms. The first-order valence-corrected chi connectivity index (χ1v) is 11.0. The third-order valence-corrected chi connectivity index (χ3v) is 5.26. The molecule has 1 aliphatic heterocycles. The summed E-state index contributed by atoms with van der Waals surface area (Å²) in [7, 11) is 1.37. The lowest BCUT2D eigenvalue weighted by Gasteiger charge is -2.30. The third kappa shape index (κ3) is 6.43. The van der Waals surface area contributed by atoms with Gasteiger partial charge in [-0.05, 0) is 42.8 Å². The number of nitrogens with zero attached hydrogens (tertiary/aromatic N) is 1. The van der Waals surface area contributed by atoms with Crippen LogP contribution in [0.2, 0.25) is 5.02 Å². The van der Waals surface area contributed by atoms with E-state index in [0.29, 0.717) is 55.8 Å². The number of benzene rings is 2. The Kier molecular flexibility index (Phi) is 8.62. The van der Waals surface area contributed by atoms with Crippen LogP contribution in [0.15, 0.2) is 30.3 Å². The SMILES string of the molecule is CCOc1cc(CNc2ccc(N3CCOCC3)c(C(=O)OC)c2)cc(Cl)c1OCC(N)=O. The van der Waals surface area contributed by atoms with E-state index in [1.165, 1.54) is 7.11 Å². The number of ether oxygens (including phenoxy) is 4. The van der Waals surface area contributed by atoms with Gasteiger partial charge in [-0.25, -0.2) is 4.79 Å². The molecule has 1 aliphatic rings. The second kappa shape index (κ2) is 11.6. The van der Waals surface area contributed by atoms with Crippen LogP contribution >= 0.6 is 11.6 Å². The van der Waals surface area contributed by atoms with Crippen molar-refractivity contribution in [2.24, 2.45) is 5.73 Å². The molecule has 1 saturated heterocycles. The smallest absolute Gasteiger partial charge is 0.340 e. The fourth-order valence-corrected chi connectivity index (χ4v) is 3.76. The van der Waals surface area contributed by atoms with Crippen LogP contribution in [0.3, 0.4) is 0 Å². The van der Waals surface area contributed by atoms with E-state index in [4.69, 9.17) is 36.3 Å². The lowest BCUT2D eigenvalue weighted by Crippen LogP contribution is -2.37. The van der Waals surface area contributed by atoms with Crippen molar-refractivity contribution in [3.63, 3.8) is 0 Å². The number of carbonyl (C=O) groups excluding carboxylic acids is 2. The van der Waals surface area contributed by atoms with Crippen molar-refractivity contribution in [2.45, 2.75) is 13.5 Å². The molecule has 0 atom stereocenters. The predicted octanol–water partition coefficient (Wildman–Crippen LogP) is 2.84. The maximum Gasteiger partial charge on any atom is 0.340 e. The van der Waals surface area contributed by atoms with Gasteiger partial charge in [0.2, 0.25) is 0 Å². The monoisotopic (exact) mass is 477 g/mol. The molecule has 2 aromatic carbocycles. The molecule has 10 heteroatoms. The summed E-state index contributed by atoms with van der Waals surface area (Å²) in [5.74, 6) is -0.330. The number of morpholine rings is 1. The molecule has 3 N–H and O–H groups in total. The molecule has 0 aliphatic carbocycles. The van der Waals surface area contributed by atoms with Gasteiger partial charge in [0.15, 0.2) is 18.1 Å². The molecular weight excluding hydrogens is 450 g/mol. The van der Waals surface area contributed by atoms with E-state index >= 15 is 0 Å². The summed E-state index contributed by atoms with van der Waals surface area (Å²) < 4.78 is 21.4. The third-order valence-electron chi connectivity index (χ3n) is 4.98. The largest absolute Gasteiger partial charge is 0.490 e. The minimum atomic E-state index is -0.610. The standard InChI is InChI=1S/C23H28ClN3O6/c1-3-32-20-11-15(10-18(24)22(20)33-14-21(25)28)13-26-16-4-5-19(17(12-16)23(29)30-2)27-6-8-31-9-7-27/h4-5,10-12,26H,3,6-9,13-14H2,1-2H3,(H2,25,28). The van der Waals surface area contributed by atoms with Crippen LogP contribution in [0.25, 0.3) is 0 Å². The molecule has 1 fully saturated rings. The number of hydrogen-bond acceptors (Lipinski definition) is 8. The summed E-state index contributed by atoms with van der Waals surface area (Å²) in [5.41, 5.74) is 8.02. The van der Waals surface area contributed by atoms with Crippen LogP contribution in [-0.4, -0.2) is 58.5 Å². The van der Waals surface area contributed by atoms with Crippen LogP contribution in [0.4, 0.5) is 11.4 Å². The Morgan fingerprint density at radius 3 is 2.61 bits per heavy atom. The maximum atomic E-state index is 12.4. The Bertz CT molecular complexity index is 994. The van der Waals surface area contributed by atoms with E-state index in [1.54, 1.807) is 18.2 Å². The summed E-state index contributed by atoms with van der Waals surface area (Å²) in [4.78, 5) is 25.6. The average molecular weight is 478 g/mol. The molecular formula is C23H28ClN3O6. The highest BCUT2D eigenvalue weighted by Gasteiger charge is 2.20. The minimum Gasteiger partial charge on any atom is -0.490 e. The second-order valence-corrected chi connectivity index (χ2v) is 7.68. The number of amides is 1. The topological polar surface area (TPSA) is 112 Å². The number of halogens is 1. The van der Waals surface area contributed by atoms with Crippen molar-refractivity contribution in [3.8, 4) is 11.5 Å². The quantitative estimate of drug-likeness (QED) is 0.502. The van der Waals surface area contributed by atoms with Crippen molar-refractivity contribution < 1.29 is 28.5 Å². The minimum absolute atomic E-state index is 0.268. The van der Waals surface area contributed by atoms with Crippen LogP contribution in [0.5, 0.6) is 11.5 Å². The van der Waals surface area contributed by atoms with E-state index < -0.39 is 11.9 Å². The first-order valence-electron chi connectivity index (χ1n) is 10.6. The summed E-state index contributed by atoms with van der Waals surface area (Å²) in [6.45, 7) is 4.98. The van der Waals surface area contributed by atoms with Gasteiger partial charge in [0.05, 0.1) is 43.2 Å². The number of rotatable bonds is 10. The lowest BCUT2D eigenvalue weighted by atomic mass is 10.1. The second-order valence-electron chi connectivity index (χ2n) is 7.27. The zero-order valence-corrected chi connectivity index (χ0v) is 19.4. The molecule has 1 amide bonds. The molecule has 178 valence electrons. The van der Waals surface area contributed by atoms with Gasteiger partial charge >= 0.3 is 5.97 Å².